The Morgan fingerprint density at radius 3 is 1.69 bits per heavy atom. The Bertz CT molecular complexity index is 119. The molecule has 0 aromatic carbocycles. The average Bonchev–Trinajstić information content (AvgIpc) is 2.12. The molecule has 0 saturated heterocycles. The summed E-state index contributed by atoms with van der Waals surface area (Å²) in [4.78, 5) is 0. The predicted molar refractivity (Wildman–Crippen MR) is 41.3 cm³/mol. The standard InChI is InChI=1S/C6H15NO5.Rb.H/c7-1-3(9)5(11)6(12)4(10)2-8;;/h3-6,8-12H,1-2,7H2;;/q;+1;-1/t3-,4+,5+,6+;;/m0../s1. The van der Waals surface area contributed by atoms with Crippen LogP contribution in [0.4, 0.5) is 0 Å². The molecule has 0 radical (unpaired) electrons. The molecule has 0 aliphatic carbocycles. The van der Waals surface area contributed by atoms with E-state index in [9.17, 15) is 0 Å². The minimum Gasteiger partial charge on any atom is -1.00 e. The molecule has 0 fully saturated rings. The average molecular weight is 268 g/mol. The second-order valence-corrected chi connectivity index (χ2v) is 2.53. The van der Waals surface area contributed by atoms with Crippen LogP contribution in [0.25, 0.3) is 0 Å². The van der Waals surface area contributed by atoms with Crippen LogP contribution in [0.3, 0.4) is 0 Å². The number of hydrogen-bond donors (Lipinski definition) is 6. The van der Waals surface area contributed by atoms with E-state index in [1.54, 1.807) is 0 Å². The first-order chi connectivity index (χ1) is 5.54. The molecule has 0 unspecified atom stereocenters. The van der Waals surface area contributed by atoms with Crippen LogP contribution in [0, 0.1) is 0 Å². The molecular formula is C6H16NO5Rb. The minimum absolute atomic E-state index is 0. The van der Waals surface area contributed by atoms with E-state index in [2.05, 4.69) is 0 Å². The Kier molecular flexibility index (Phi) is 11.5. The zero-order valence-electron chi connectivity index (χ0n) is 8.54. The zero-order valence-corrected chi connectivity index (χ0v) is 12.5. The fourth-order valence-electron chi connectivity index (χ4n) is 0.703. The fraction of sp³-hybridized carbons (Fsp3) is 1.00. The topological polar surface area (TPSA) is 127 Å². The predicted octanol–water partition coefficient (Wildman–Crippen LogP) is -6.50. The summed E-state index contributed by atoms with van der Waals surface area (Å²) in [6, 6.07) is 0. The van der Waals surface area contributed by atoms with Crippen LogP contribution < -0.4 is 63.9 Å². The van der Waals surface area contributed by atoms with Gasteiger partial charge in [-0.3, -0.25) is 0 Å². The van der Waals surface area contributed by atoms with E-state index in [0.717, 1.165) is 0 Å². The largest absolute Gasteiger partial charge is 1.00 e. The molecular weight excluding hydrogens is 252 g/mol. The molecule has 0 spiro atoms. The maximum absolute atomic E-state index is 9.04. The Hall–Kier alpha value is 1.57. The third-order valence-electron chi connectivity index (χ3n) is 1.57. The Labute approximate surface area is 127 Å². The van der Waals surface area contributed by atoms with E-state index < -0.39 is 31.0 Å². The van der Waals surface area contributed by atoms with E-state index in [1.807, 2.05) is 0 Å². The van der Waals surface area contributed by atoms with Gasteiger partial charge in [0.25, 0.3) is 0 Å². The Morgan fingerprint density at radius 2 is 1.38 bits per heavy atom. The molecule has 0 saturated carbocycles. The van der Waals surface area contributed by atoms with Crippen molar-refractivity contribution in [3.05, 3.63) is 0 Å². The van der Waals surface area contributed by atoms with Crippen molar-refractivity contribution >= 4 is 0 Å². The van der Waals surface area contributed by atoms with Gasteiger partial charge < -0.3 is 32.7 Å². The molecule has 0 heterocycles. The molecule has 0 aromatic rings. The smallest absolute Gasteiger partial charge is 1.00 e. The molecule has 7 heteroatoms. The maximum atomic E-state index is 9.04. The number of aliphatic hydroxyl groups excluding tert-OH is 5. The van der Waals surface area contributed by atoms with Crippen molar-refractivity contribution in [1.29, 1.82) is 0 Å². The first-order valence-electron chi connectivity index (χ1n) is 3.57. The number of rotatable bonds is 5. The molecule has 0 rings (SSSR count). The van der Waals surface area contributed by atoms with Gasteiger partial charge in [-0.25, -0.2) is 0 Å². The van der Waals surface area contributed by atoms with Crippen molar-refractivity contribution in [2.45, 2.75) is 24.4 Å². The van der Waals surface area contributed by atoms with Gasteiger partial charge in [0.15, 0.2) is 0 Å². The molecule has 0 aliphatic heterocycles. The van der Waals surface area contributed by atoms with Crippen LogP contribution in [0.5, 0.6) is 0 Å². The quantitative estimate of drug-likeness (QED) is 0.294. The fourth-order valence-corrected chi connectivity index (χ4v) is 0.703. The summed E-state index contributed by atoms with van der Waals surface area (Å²) in [6.07, 6.45) is -5.91. The van der Waals surface area contributed by atoms with Gasteiger partial charge in [-0.2, -0.15) is 0 Å². The zero-order chi connectivity index (χ0) is 9.72. The summed E-state index contributed by atoms with van der Waals surface area (Å²) in [5.41, 5.74) is 4.99. The van der Waals surface area contributed by atoms with Crippen molar-refractivity contribution in [3.63, 3.8) is 0 Å². The van der Waals surface area contributed by atoms with Crippen molar-refractivity contribution in [3.8, 4) is 0 Å². The molecule has 6 nitrogen and oxygen atoms in total. The van der Waals surface area contributed by atoms with E-state index in [0.29, 0.717) is 0 Å². The van der Waals surface area contributed by atoms with Crippen LogP contribution in [0.1, 0.15) is 1.43 Å². The monoisotopic (exact) mass is 267 g/mol. The Balaban J connectivity index is -0.000000605. The van der Waals surface area contributed by atoms with Gasteiger partial charge in [0.1, 0.15) is 18.3 Å². The molecule has 0 aliphatic rings. The first-order valence-corrected chi connectivity index (χ1v) is 3.57. The molecule has 7 N–H and O–H groups in total. The summed E-state index contributed by atoms with van der Waals surface area (Å²) in [6.45, 7) is -0.911. The van der Waals surface area contributed by atoms with Crippen LogP contribution >= 0.6 is 0 Å². The number of aliphatic hydroxyl groups is 5. The second kappa shape index (κ2) is 8.84. The summed E-state index contributed by atoms with van der Waals surface area (Å²) < 4.78 is 0. The minimum atomic E-state index is -1.59. The van der Waals surface area contributed by atoms with E-state index in [-0.39, 0.29) is 66.2 Å². The molecule has 0 amide bonds. The van der Waals surface area contributed by atoms with Crippen molar-refractivity contribution in [1.82, 2.24) is 0 Å². The summed E-state index contributed by atoms with van der Waals surface area (Å²) in [5, 5.41) is 44.2. The maximum Gasteiger partial charge on any atom is 1.00 e. The van der Waals surface area contributed by atoms with Crippen LogP contribution in [-0.2, 0) is 0 Å². The van der Waals surface area contributed by atoms with Crippen LogP contribution in [-0.4, -0.2) is 63.1 Å². The van der Waals surface area contributed by atoms with Crippen LogP contribution in [0.2, 0.25) is 0 Å². The van der Waals surface area contributed by atoms with Gasteiger partial charge in [-0.05, 0) is 0 Å². The Morgan fingerprint density at radius 1 is 1.00 bits per heavy atom. The van der Waals surface area contributed by atoms with Crippen molar-refractivity contribution in [2.24, 2.45) is 5.73 Å². The van der Waals surface area contributed by atoms with Gasteiger partial charge >= 0.3 is 58.2 Å². The SMILES string of the molecule is NC[C@H](O)[C@@H](O)[C@H](O)[C@H](O)CO.[H-].[Rb+]. The van der Waals surface area contributed by atoms with Crippen molar-refractivity contribution < 1.29 is 85.1 Å². The third kappa shape index (κ3) is 5.88. The number of nitrogens with two attached hydrogens (primary N) is 1. The molecule has 76 valence electrons. The number of hydrogen-bond acceptors (Lipinski definition) is 6. The second-order valence-electron chi connectivity index (χ2n) is 2.53. The first kappa shape index (κ1) is 17.0. The molecule has 0 aromatic heterocycles. The van der Waals surface area contributed by atoms with Crippen molar-refractivity contribution in [2.75, 3.05) is 13.2 Å². The van der Waals surface area contributed by atoms with Gasteiger partial charge in [-0.1, -0.05) is 0 Å². The molecule has 0 bridgehead atoms. The van der Waals surface area contributed by atoms with E-state index in [4.69, 9.17) is 31.3 Å². The normalized spacial score (nSPS) is 19.8. The molecule has 4 atom stereocenters. The van der Waals surface area contributed by atoms with Gasteiger partial charge in [-0.15, -0.1) is 0 Å². The summed E-state index contributed by atoms with van der Waals surface area (Å²) in [5.74, 6) is 0. The van der Waals surface area contributed by atoms with Crippen LogP contribution in [0.15, 0.2) is 0 Å². The van der Waals surface area contributed by atoms with E-state index in [1.165, 1.54) is 0 Å². The summed E-state index contributed by atoms with van der Waals surface area (Å²) >= 11 is 0. The third-order valence-corrected chi connectivity index (χ3v) is 1.57. The van der Waals surface area contributed by atoms with Gasteiger partial charge in [0, 0.05) is 6.54 Å². The van der Waals surface area contributed by atoms with E-state index >= 15 is 0 Å². The summed E-state index contributed by atoms with van der Waals surface area (Å²) in [7, 11) is 0. The molecule has 13 heavy (non-hydrogen) atoms. The van der Waals surface area contributed by atoms with Gasteiger partial charge in [0.05, 0.1) is 12.7 Å². The van der Waals surface area contributed by atoms with Gasteiger partial charge in [0.2, 0.25) is 0 Å².